The van der Waals surface area contributed by atoms with Crippen molar-refractivity contribution in [1.29, 1.82) is 0 Å². The zero-order valence-corrected chi connectivity index (χ0v) is 13.1. The molecule has 0 aliphatic carbocycles. The molecule has 2 aliphatic rings. The summed E-state index contributed by atoms with van der Waals surface area (Å²) in [6.07, 6.45) is 5.45. The van der Waals surface area contributed by atoms with Crippen molar-refractivity contribution in [2.24, 2.45) is 5.92 Å². The molecular weight excluding hydrogens is 252 g/mol. The molecule has 0 aromatic carbocycles. The minimum atomic E-state index is 0.586. The van der Waals surface area contributed by atoms with Crippen molar-refractivity contribution < 1.29 is 0 Å². The Morgan fingerprint density at radius 3 is 2.47 bits per heavy atom. The van der Waals surface area contributed by atoms with Crippen molar-refractivity contribution in [2.45, 2.75) is 63.7 Å². The number of piperidine rings is 1. The van der Waals surface area contributed by atoms with Crippen LogP contribution in [0.3, 0.4) is 0 Å². The van der Waals surface area contributed by atoms with Crippen molar-refractivity contribution >= 4 is 11.3 Å². The van der Waals surface area contributed by atoms with Crippen LogP contribution in [0.5, 0.6) is 0 Å². The highest BCUT2D eigenvalue weighted by atomic mass is 32.1. The van der Waals surface area contributed by atoms with Gasteiger partial charge in [0.05, 0.1) is 0 Å². The summed E-state index contributed by atoms with van der Waals surface area (Å²) in [6.45, 7) is 4.72. The van der Waals surface area contributed by atoms with Gasteiger partial charge in [-0.3, -0.25) is 4.90 Å². The Hall–Kier alpha value is -0.380. The van der Waals surface area contributed by atoms with E-state index in [1.165, 1.54) is 30.6 Å². The van der Waals surface area contributed by atoms with Crippen LogP contribution >= 0.6 is 11.3 Å². The number of hydrogen-bond donors (Lipinski definition) is 1. The van der Waals surface area contributed by atoms with Crippen LogP contribution in [0.15, 0.2) is 17.5 Å². The molecule has 2 nitrogen and oxygen atoms in total. The maximum absolute atomic E-state index is 3.75. The molecule has 2 saturated heterocycles. The molecule has 1 N–H and O–H groups in total. The van der Waals surface area contributed by atoms with Gasteiger partial charge in [0, 0.05) is 29.0 Å². The molecule has 3 heteroatoms. The molecule has 2 fully saturated rings. The van der Waals surface area contributed by atoms with Crippen LogP contribution in [0, 0.1) is 5.92 Å². The van der Waals surface area contributed by atoms with Crippen molar-refractivity contribution in [2.75, 3.05) is 7.05 Å². The highest BCUT2D eigenvalue weighted by molar-refractivity contribution is 7.10. The summed E-state index contributed by atoms with van der Waals surface area (Å²) in [5, 5.41) is 5.97. The van der Waals surface area contributed by atoms with Gasteiger partial charge in [-0.2, -0.15) is 0 Å². The fourth-order valence-electron chi connectivity index (χ4n) is 4.05. The fraction of sp³-hybridized carbons (Fsp3) is 0.750. The van der Waals surface area contributed by atoms with Crippen LogP contribution in [0.4, 0.5) is 0 Å². The average Bonchev–Trinajstić information content (AvgIpc) is 2.99. The van der Waals surface area contributed by atoms with Gasteiger partial charge < -0.3 is 5.32 Å². The molecule has 0 spiro atoms. The topological polar surface area (TPSA) is 15.3 Å². The molecule has 3 atom stereocenters. The predicted octanol–water partition coefficient (Wildman–Crippen LogP) is 3.66. The molecule has 1 aromatic rings. The van der Waals surface area contributed by atoms with Crippen LogP contribution in [0.1, 0.15) is 50.4 Å². The first-order valence-electron chi connectivity index (χ1n) is 7.66. The fourth-order valence-corrected chi connectivity index (χ4v) is 5.10. The summed E-state index contributed by atoms with van der Waals surface area (Å²) >= 11 is 1.91. The Kier molecular flexibility index (Phi) is 3.97. The van der Waals surface area contributed by atoms with E-state index in [2.05, 4.69) is 48.6 Å². The monoisotopic (exact) mass is 278 g/mol. The van der Waals surface area contributed by atoms with Gasteiger partial charge in [-0.05, 0) is 50.1 Å². The Labute approximate surface area is 121 Å². The standard InChI is InChI=1S/C16H26N2S/c1-11(2)16(15-5-4-8-19-15)18(3)14-9-12-6-7-13(10-14)17-12/h4-5,8,11-14,16-17H,6-7,9-10H2,1-3H3. The third-order valence-electron chi connectivity index (χ3n) is 4.93. The van der Waals surface area contributed by atoms with Gasteiger partial charge in [0.1, 0.15) is 0 Å². The van der Waals surface area contributed by atoms with Crippen molar-refractivity contribution in [1.82, 2.24) is 10.2 Å². The molecule has 0 saturated carbocycles. The lowest BCUT2D eigenvalue weighted by molar-refractivity contribution is 0.0998. The second-order valence-electron chi connectivity index (χ2n) is 6.63. The molecule has 3 unspecified atom stereocenters. The zero-order valence-electron chi connectivity index (χ0n) is 12.3. The summed E-state index contributed by atoms with van der Waals surface area (Å²) in [5.41, 5.74) is 0. The van der Waals surface area contributed by atoms with Gasteiger partial charge in [0.2, 0.25) is 0 Å². The third kappa shape index (κ3) is 2.74. The van der Waals surface area contributed by atoms with E-state index in [9.17, 15) is 0 Å². The van der Waals surface area contributed by atoms with E-state index in [1.807, 2.05) is 11.3 Å². The molecule has 3 rings (SSSR count). The number of fused-ring (bicyclic) bond motifs is 2. The lowest BCUT2D eigenvalue weighted by Gasteiger charge is -2.41. The summed E-state index contributed by atoms with van der Waals surface area (Å²) in [7, 11) is 2.35. The average molecular weight is 278 g/mol. The maximum atomic E-state index is 3.75. The minimum Gasteiger partial charge on any atom is -0.311 e. The molecular formula is C16H26N2S. The maximum Gasteiger partial charge on any atom is 0.0464 e. The van der Waals surface area contributed by atoms with Gasteiger partial charge >= 0.3 is 0 Å². The Bertz CT molecular complexity index is 389. The van der Waals surface area contributed by atoms with E-state index in [-0.39, 0.29) is 0 Å². The second-order valence-corrected chi connectivity index (χ2v) is 7.61. The number of thiophene rings is 1. The van der Waals surface area contributed by atoms with Crippen molar-refractivity contribution in [3.05, 3.63) is 22.4 Å². The van der Waals surface area contributed by atoms with E-state index >= 15 is 0 Å². The lowest BCUT2D eigenvalue weighted by Crippen LogP contribution is -2.48. The number of nitrogens with one attached hydrogen (secondary N) is 1. The summed E-state index contributed by atoms with van der Waals surface area (Å²) in [6, 6.07) is 7.40. The van der Waals surface area contributed by atoms with Crippen LogP contribution in [-0.2, 0) is 0 Å². The van der Waals surface area contributed by atoms with E-state index in [4.69, 9.17) is 0 Å². The van der Waals surface area contributed by atoms with Crippen LogP contribution < -0.4 is 5.32 Å². The largest absolute Gasteiger partial charge is 0.311 e. The number of nitrogens with zero attached hydrogens (tertiary/aromatic N) is 1. The first kappa shape index (κ1) is 13.6. The highest BCUT2D eigenvalue weighted by Crippen LogP contribution is 2.37. The molecule has 19 heavy (non-hydrogen) atoms. The SMILES string of the molecule is CC(C)C(c1cccs1)N(C)C1CC2CCC(C1)N2. The smallest absolute Gasteiger partial charge is 0.0464 e. The lowest BCUT2D eigenvalue weighted by atomic mass is 9.93. The third-order valence-corrected chi connectivity index (χ3v) is 5.87. The first-order chi connectivity index (χ1) is 9.15. The van der Waals surface area contributed by atoms with E-state index in [0.29, 0.717) is 12.0 Å². The minimum absolute atomic E-state index is 0.586. The number of rotatable bonds is 4. The summed E-state index contributed by atoms with van der Waals surface area (Å²) in [5.74, 6) is 0.677. The second kappa shape index (κ2) is 5.55. The first-order valence-corrected chi connectivity index (χ1v) is 8.54. The van der Waals surface area contributed by atoms with Crippen LogP contribution in [-0.4, -0.2) is 30.1 Å². The molecule has 2 aliphatic heterocycles. The molecule has 0 radical (unpaired) electrons. The molecule has 0 amide bonds. The molecule has 3 heterocycles. The van der Waals surface area contributed by atoms with Gasteiger partial charge in [0.15, 0.2) is 0 Å². The van der Waals surface area contributed by atoms with Gasteiger partial charge in [-0.25, -0.2) is 0 Å². The van der Waals surface area contributed by atoms with E-state index < -0.39 is 0 Å². The Balaban J connectivity index is 1.75. The Morgan fingerprint density at radius 2 is 1.95 bits per heavy atom. The van der Waals surface area contributed by atoms with Gasteiger partial charge in [0.25, 0.3) is 0 Å². The zero-order chi connectivity index (χ0) is 13.4. The predicted molar refractivity (Wildman–Crippen MR) is 82.6 cm³/mol. The summed E-state index contributed by atoms with van der Waals surface area (Å²) < 4.78 is 0. The van der Waals surface area contributed by atoms with E-state index in [0.717, 1.165) is 18.1 Å². The highest BCUT2D eigenvalue weighted by Gasteiger charge is 2.37. The molecule has 106 valence electrons. The number of hydrogen-bond acceptors (Lipinski definition) is 3. The summed E-state index contributed by atoms with van der Waals surface area (Å²) in [4.78, 5) is 4.20. The Morgan fingerprint density at radius 1 is 1.26 bits per heavy atom. The van der Waals surface area contributed by atoms with Crippen molar-refractivity contribution in [3.63, 3.8) is 0 Å². The van der Waals surface area contributed by atoms with Gasteiger partial charge in [-0.15, -0.1) is 11.3 Å². The molecule has 1 aromatic heterocycles. The van der Waals surface area contributed by atoms with Gasteiger partial charge in [-0.1, -0.05) is 19.9 Å². The van der Waals surface area contributed by atoms with Crippen molar-refractivity contribution in [3.8, 4) is 0 Å². The quantitative estimate of drug-likeness (QED) is 0.904. The van der Waals surface area contributed by atoms with E-state index in [1.54, 1.807) is 0 Å². The van der Waals surface area contributed by atoms with Crippen LogP contribution in [0.25, 0.3) is 0 Å². The van der Waals surface area contributed by atoms with Crippen LogP contribution in [0.2, 0.25) is 0 Å². The normalized spacial score (nSPS) is 32.2. The molecule has 2 bridgehead atoms.